The lowest BCUT2D eigenvalue weighted by Gasteiger charge is -2.20. The predicted molar refractivity (Wildman–Crippen MR) is 301 cm³/mol. The van der Waals surface area contributed by atoms with Crippen LogP contribution in [0.3, 0.4) is 0 Å². The Bertz CT molecular complexity index is 1120. The Morgan fingerprint density at radius 1 is 0.391 bits per heavy atom. The summed E-state index contributed by atoms with van der Waals surface area (Å²) in [7, 11) is 0. The molecular formula is C63H119NO5. The molecule has 3 N–H and O–H groups in total. The van der Waals surface area contributed by atoms with Crippen LogP contribution in [0.4, 0.5) is 0 Å². The number of amides is 1. The van der Waals surface area contributed by atoms with Gasteiger partial charge in [0, 0.05) is 12.8 Å². The molecule has 0 aliphatic carbocycles. The smallest absolute Gasteiger partial charge is 0.305 e. The van der Waals surface area contributed by atoms with Gasteiger partial charge in [-0.05, 0) is 83.5 Å². The number of aliphatic hydroxyl groups excluding tert-OH is 2. The van der Waals surface area contributed by atoms with Crippen molar-refractivity contribution in [1.82, 2.24) is 5.32 Å². The Kier molecular flexibility index (Phi) is 57.0. The highest BCUT2D eigenvalue weighted by Gasteiger charge is 2.18. The maximum atomic E-state index is 12.5. The average molecular weight is 971 g/mol. The van der Waals surface area contributed by atoms with Crippen LogP contribution in [-0.2, 0) is 14.3 Å². The van der Waals surface area contributed by atoms with Gasteiger partial charge in [-0.25, -0.2) is 0 Å². The summed E-state index contributed by atoms with van der Waals surface area (Å²) in [4.78, 5) is 24.5. The van der Waals surface area contributed by atoms with E-state index in [2.05, 4.69) is 43.5 Å². The molecule has 2 atom stereocenters. The van der Waals surface area contributed by atoms with Crippen LogP contribution >= 0.6 is 0 Å². The number of esters is 1. The van der Waals surface area contributed by atoms with E-state index in [0.717, 1.165) is 64.2 Å². The lowest BCUT2D eigenvalue weighted by atomic mass is 10.0. The maximum absolute atomic E-state index is 12.5. The highest BCUT2D eigenvalue weighted by atomic mass is 16.5. The van der Waals surface area contributed by atoms with Gasteiger partial charge in [0.1, 0.15) is 0 Å². The summed E-state index contributed by atoms with van der Waals surface area (Å²) in [6.07, 6.45) is 73.2. The van der Waals surface area contributed by atoms with Gasteiger partial charge in [-0.3, -0.25) is 9.59 Å². The van der Waals surface area contributed by atoms with Gasteiger partial charge >= 0.3 is 5.97 Å². The van der Waals surface area contributed by atoms with Crippen LogP contribution in [0.5, 0.6) is 0 Å². The van der Waals surface area contributed by atoms with Crippen LogP contribution in [0.15, 0.2) is 36.5 Å². The van der Waals surface area contributed by atoms with E-state index in [-0.39, 0.29) is 18.5 Å². The SMILES string of the molecule is CCCCCC/C=C\CCCCCCCC(=O)OCCCCCCCCC/C=C\CCCCCCCC(=O)NC(CO)C(O)/C=C/CCCCCCCCCCCCCCCCCCCCCCC. The highest BCUT2D eigenvalue weighted by Crippen LogP contribution is 2.17. The number of allylic oxidation sites excluding steroid dienone is 5. The second-order valence-electron chi connectivity index (χ2n) is 21.0. The van der Waals surface area contributed by atoms with Crippen molar-refractivity contribution < 1.29 is 24.5 Å². The van der Waals surface area contributed by atoms with Crippen molar-refractivity contribution in [2.45, 2.75) is 341 Å². The number of ether oxygens (including phenoxy) is 1. The lowest BCUT2D eigenvalue weighted by Crippen LogP contribution is -2.45. The number of carbonyl (C=O) groups excluding carboxylic acids is 2. The van der Waals surface area contributed by atoms with Gasteiger partial charge in [-0.2, -0.15) is 0 Å². The van der Waals surface area contributed by atoms with E-state index in [1.54, 1.807) is 6.08 Å². The first-order valence-corrected chi connectivity index (χ1v) is 30.8. The first-order valence-electron chi connectivity index (χ1n) is 30.8. The topological polar surface area (TPSA) is 95.9 Å². The van der Waals surface area contributed by atoms with Crippen LogP contribution in [-0.4, -0.2) is 47.4 Å². The van der Waals surface area contributed by atoms with Crippen molar-refractivity contribution in [3.05, 3.63) is 36.5 Å². The van der Waals surface area contributed by atoms with Crippen molar-refractivity contribution in [1.29, 1.82) is 0 Å². The molecule has 0 aliphatic rings. The molecule has 0 aromatic carbocycles. The predicted octanol–water partition coefficient (Wildman–Crippen LogP) is 19.2. The standard InChI is InChI=1S/C63H119NO5/c1-3-5-7-9-11-13-15-17-18-19-20-21-22-23-24-25-28-32-35-39-43-47-51-55-61(66)60(59-65)64-62(67)56-52-48-44-40-36-33-29-26-27-30-34-38-42-46-50-54-58-69-63(68)57-53-49-45-41-37-31-16-14-12-10-8-6-4-2/h14,16,26,29,51,55,60-61,65-66H,3-13,15,17-25,27-28,30-50,52-54,56-59H2,1-2H3,(H,64,67)/b16-14-,29-26-,55-51+. The second kappa shape index (κ2) is 58.6. The van der Waals surface area contributed by atoms with Crippen molar-refractivity contribution >= 4 is 11.9 Å². The average Bonchev–Trinajstić information content (AvgIpc) is 3.35. The summed E-state index contributed by atoms with van der Waals surface area (Å²) in [6, 6.07) is -0.642. The Balaban J connectivity index is 3.50. The molecule has 0 saturated heterocycles. The Morgan fingerprint density at radius 3 is 1.04 bits per heavy atom. The van der Waals surface area contributed by atoms with E-state index in [4.69, 9.17) is 4.74 Å². The van der Waals surface area contributed by atoms with E-state index in [1.165, 1.54) is 238 Å². The van der Waals surface area contributed by atoms with Gasteiger partial charge in [-0.1, -0.05) is 269 Å². The molecule has 0 fully saturated rings. The molecular weight excluding hydrogens is 851 g/mol. The zero-order valence-corrected chi connectivity index (χ0v) is 46.3. The molecule has 0 aromatic heterocycles. The minimum atomic E-state index is -0.857. The number of unbranched alkanes of at least 4 members (excludes halogenated alkanes) is 42. The molecule has 0 heterocycles. The molecule has 6 nitrogen and oxygen atoms in total. The monoisotopic (exact) mass is 970 g/mol. The van der Waals surface area contributed by atoms with E-state index in [0.29, 0.717) is 19.4 Å². The molecule has 0 saturated carbocycles. The fraction of sp³-hybridized carbons (Fsp3) is 0.873. The molecule has 6 heteroatoms. The van der Waals surface area contributed by atoms with Gasteiger partial charge in [0.25, 0.3) is 0 Å². The largest absolute Gasteiger partial charge is 0.466 e. The molecule has 406 valence electrons. The van der Waals surface area contributed by atoms with E-state index >= 15 is 0 Å². The minimum absolute atomic E-state index is 0.0129. The third-order valence-corrected chi connectivity index (χ3v) is 14.1. The lowest BCUT2D eigenvalue weighted by molar-refractivity contribution is -0.143. The van der Waals surface area contributed by atoms with Gasteiger partial charge in [0.05, 0.1) is 25.4 Å². The molecule has 0 spiro atoms. The Morgan fingerprint density at radius 2 is 0.681 bits per heavy atom. The van der Waals surface area contributed by atoms with Gasteiger partial charge < -0.3 is 20.3 Å². The van der Waals surface area contributed by atoms with Gasteiger partial charge in [0.15, 0.2) is 0 Å². The second-order valence-corrected chi connectivity index (χ2v) is 21.0. The molecule has 0 aliphatic heterocycles. The summed E-state index contributed by atoms with van der Waals surface area (Å²) in [5.74, 6) is -0.0957. The van der Waals surface area contributed by atoms with Crippen LogP contribution in [0.2, 0.25) is 0 Å². The molecule has 0 aromatic rings. The normalized spacial score (nSPS) is 12.8. The number of aliphatic hydroxyl groups is 2. The third-order valence-electron chi connectivity index (χ3n) is 14.1. The number of carbonyl (C=O) groups is 2. The fourth-order valence-corrected chi connectivity index (χ4v) is 9.39. The number of nitrogens with one attached hydrogen (secondary N) is 1. The third kappa shape index (κ3) is 55.2. The molecule has 0 bridgehead atoms. The Labute approximate surface area is 430 Å². The number of hydrogen-bond donors (Lipinski definition) is 3. The van der Waals surface area contributed by atoms with Crippen LogP contribution in [0.1, 0.15) is 328 Å². The Hall–Kier alpha value is -1.92. The summed E-state index contributed by atoms with van der Waals surface area (Å²) >= 11 is 0. The molecule has 0 rings (SSSR count). The van der Waals surface area contributed by atoms with Gasteiger partial charge in [-0.15, -0.1) is 0 Å². The molecule has 69 heavy (non-hydrogen) atoms. The van der Waals surface area contributed by atoms with Crippen LogP contribution in [0, 0.1) is 0 Å². The first kappa shape index (κ1) is 67.1. The zero-order valence-electron chi connectivity index (χ0n) is 46.3. The summed E-state index contributed by atoms with van der Waals surface area (Å²) in [5, 5.41) is 23.2. The van der Waals surface area contributed by atoms with Crippen molar-refractivity contribution in [2.75, 3.05) is 13.2 Å². The fourth-order valence-electron chi connectivity index (χ4n) is 9.39. The summed E-state index contributed by atoms with van der Waals surface area (Å²) < 4.78 is 5.46. The van der Waals surface area contributed by atoms with Crippen molar-refractivity contribution in [3.63, 3.8) is 0 Å². The van der Waals surface area contributed by atoms with E-state index in [1.807, 2.05) is 6.08 Å². The highest BCUT2D eigenvalue weighted by molar-refractivity contribution is 5.76. The minimum Gasteiger partial charge on any atom is -0.466 e. The summed E-state index contributed by atoms with van der Waals surface area (Å²) in [5.41, 5.74) is 0. The van der Waals surface area contributed by atoms with E-state index in [9.17, 15) is 19.8 Å². The first-order chi connectivity index (χ1) is 34.0. The van der Waals surface area contributed by atoms with E-state index < -0.39 is 12.1 Å². The van der Waals surface area contributed by atoms with Crippen molar-refractivity contribution in [3.8, 4) is 0 Å². The van der Waals surface area contributed by atoms with Crippen LogP contribution < -0.4 is 5.32 Å². The number of rotatable bonds is 57. The quantitative estimate of drug-likeness (QED) is 0.0321. The maximum Gasteiger partial charge on any atom is 0.305 e. The molecule has 0 radical (unpaired) electrons. The van der Waals surface area contributed by atoms with Crippen molar-refractivity contribution in [2.24, 2.45) is 0 Å². The molecule has 1 amide bonds. The zero-order chi connectivity index (χ0) is 50.0. The molecule has 2 unspecified atom stereocenters. The number of hydrogen-bond acceptors (Lipinski definition) is 5. The van der Waals surface area contributed by atoms with Crippen LogP contribution in [0.25, 0.3) is 0 Å². The summed E-state index contributed by atoms with van der Waals surface area (Å²) in [6.45, 7) is 4.88. The van der Waals surface area contributed by atoms with Gasteiger partial charge in [0.2, 0.25) is 5.91 Å².